The van der Waals surface area contributed by atoms with Crippen LogP contribution in [-0.4, -0.2) is 39.4 Å². The van der Waals surface area contributed by atoms with Crippen LogP contribution in [0.25, 0.3) is 0 Å². The Morgan fingerprint density at radius 2 is 2.08 bits per heavy atom. The van der Waals surface area contributed by atoms with Crippen molar-refractivity contribution in [1.29, 1.82) is 0 Å². The van der Waals surface area contributed by atoms with Crippen molar-refractivity contribution in [1.82, 2.24) is 9.97 Å². The van der Waals surface area contributed by atoms with Crippen LogP contribution in [0.5, 0.6) is 0 Å². The van der Waals surface area contributed by atoms with Gasteiger partial charge in [-0.2, -0.15) is 4.98 Å². The molecule has 1 aliphatic heterocycles. The first-order valence-electron chi connectivity index (χ1n) is 8.32. The Kier molecular flexibility index (Phi) is 4.97. The lowest BCUT2D eigenvalue weighted by molar-refractivity contribution is 0.199. The Bertz CT molecular complexity index is 705. The van der Waals surface area contributed by atoms with Crippen molar-refractivity contribution in [3.05, 3.63) is 47.2 Å². The number of aliphatic hydroxyl groups is 2. The minimum Gasteiger partial charge on any atom is -0.394 e. The van der Waals surface area contributed by atoms with E-state index in [-0.39, 0.29) is 12.6 Å². The highest BCUT2D eigenvalue weighted by Crippen LogP contribution is 2.26. The van der Waals surface area contributed by atoms with Crippen LogP contribution in [-0.2, 0) is 13.0 Å². The minimum atomic E-state index is -0.433. The average molecular weight is 328 g/mol. The number of nitrogens with one attached hydrogen (secondary N) is 1. The van der Waals surface area contributed by atoms with E-state index >= 15 is 0 Å². The molecule has 2 heterocycles. The second-order valence-corrected chi connectivity index (χ2v) is 6.34. The molecule has 0 bridgehead atoms. The van der Waals surface area contributed by atoms with Gasteiger partial charge >= 0.3 is 0 Å². The molecule has 1 aliphatic rings. The fourth-order valence-corrected chi connectivity index (χ4v) is 2.89. The molecule has 0 radical (unpaired) electrons. The molecule has 0 aliphatic carbocycles. The van der Waals surface area contributed by atoms with Gasteiger partial charge in [-0.25, -0.2) is 4.98 Å². The molecule has 0 fully saturated rings. The summed E-state index contributed by atoms with van der Waals surface area (Å²) in [6.07, 6.45) is 2.23. The van der Waals surface area contributed by atoms with Gasteiger partial charge in [0.1, 0.15) is 5.82 Å². The van der Waals surface area contributed by atoms with Crippen molar-refractivity contribution in [3.63, 3.8) is 0 Å². The number of hydrogen-bond donors (Lipinski definition) is 3. The predicted octanol–water partition coefficient (Wildman–Crippen LogP) is 1.89. The van der Waals surface area contributed by atoms with Gasteiger partial charge in [0.2, 0.25) is 5.95 Å². The Balaban J connectivity index is 1.77. The summed E-state index contributed by atoms with van der Waals surface area (Å²) >= 11 is 0. The molecular weight excluding hydrogens is 304 g/mol. The molecule has 0 saturated carbocycles. The molecular formula is C18H24N4O2. The van der Waals surface area contributed by atoms with E-state index in [1.165, 1.54) is 11.1 Å². The highest BCUT2D eigenvalue weighted by molar-refractivity contribution is 5.47. The van der Waals surface area contributed by atoms with Gasteiger partial charge in [-0.1, -0.05) is 18.2 Å². The number of aliphatic hydroxyl groups excluding tert-OH is 2. The van der Waals surface area contributed by atoms with Gasteiger partial charge in [-0.05, 0) is 43.0 Å². The molecule has 2 atom stereocenters. The number of aromatic nitrogens is 2. The second-order valence-electron chi connectivity index (χ2n) is 6.34. The molecule has 1 aromatic carbocycles. The Morgan fingerprint density at radius 1 is 1.25 bits per heavy atom. The van der Waals surface area contributed by atoms with Crippen molar-refractivity contribution < 1.29 is 10.2 Å². The third-order valence-corrected chi connectivity index (χ3v) is 4.34. The maximum absolute atomic E-state index is 9.73. The molecule has 24 heavy (non-hydrogen) atoms. The lowest BCUT2D eigenvalue weighted by Crippen LogP contribution is -2.31. The van der Waals surface area contributed by atoms with Crippen LogP contribution in [0.2, 0.25) is 0 Å². The predicted molar refractivity (Wildman–Crippen MR) is 94.0 cm³/mol. The van der Waals surface area contributed by atoms with Crippen molar-refractivity contribution in [2.45, 2.75) is 39.0 Å². The van der Waals surface area contributed by atoms with Crippen LogP contribution in [0, 0.1) is 0 Å². The van der Waals surface area contributed by atoms with Crippen LogP contribution < -0.4 is 10.2 Å². The molecule has 2 aromatic rings. The van der Waals surface area contributed by atoms with Crippen LogP contribution in [0.4, 0.5) is 11.8 Å². The average Bonchev–Trinajstić information content (AvgIpc) is 2.60. The third kappa shape index (κ3) is 3.66. The fraction of sp³-hybridized carbons (Fsp3) is 0.444. The summed E-state index contributed by atoms with van der Waals surface area (Å²) in [6, 6.07) is 8.01. The van der Waals surface area contributed by atoms with Crippen molar-refractivity contribution in [2.24, 2.45) is 0 Å². The zero-order chi connectivity index (χ0) is 17.1. The lowest BCUT2D eigenvalue weighted by atomic mass is 9.96. The molecule has 0 unspecified atom stereocenters. The van der Waals surface area contributed by atoms with Gasteiger partial charge in [-0.15, -0.1) is 0 Å². The molecule has 3 rings (SSSR count). The van der Waals surface area contributed by atoms with Gasteiger partial charge in [0.25, 0.3) is 0 Å². The van der Waals surface area contributed by atoms with E-state index in [4.69, 9.17) is 5.11 Å². The number of rotatable bonds is 5. The number of hydrogen-bond acceptors (Lipinski definition) is 6. The van der Waals surface area contributed by atoms with E-state index < -0.39 is 6.10 Å². The monoisotopic (exact) mass is 328 g/mol. The highest BCUT2D eigenvalue weighted by atomic mass is 16.3. The Morgan fingerprint density at radius 3 is 2.83 bits per heavy atom. The van der Waals surface area contributed by atoms with E-state index in [9.17, 15) is 5.11 Å². The number of fused-ring (bicyclic) bond motifs is 1. The summed E-state index contributed by atoms with van der Waals surface area (Å²) in [6.45, 7) is 5.38. The number of anilines is 2. The van der Waals surface area contributed by atoms with Gasteiger partial charge in [0, 0.05) is 25.3 Å². The van der Waals surface area contributed by atoms with Crippen LogP contribution in [0.1, 0.15) is 36.6 Å². The maximum atomic E-state index is 9.73. The second kappa shape index (κ2) is 7.15. The molecule has 3 N–H and O–H groups in total. The van der Waals surface area contributed by atoms with Crippen LogP contribution in [0.15, 0.2) is 30.5 Å². The van der Waals surface area contributed by atoms with Gasteiger partial charge < -0.3 is 20.4 Å². The van der Waals surface area contributed by atoms with Gasteiger partial charge in [0.05, 0.1) is 12.7 Å². The standard InChI is InChI=1S/C18H24N4O2/c1-12(11-23)20-18-19-7-5-17(21-18)22-8-6-15-9-14(13(2)24)3-4-16(15)10-22/h3-5,7,9,12-13,23-24H,6,8,10-11H2,1-2H3,(H,19,20,21)/t12-,13-/m0/s1. The first kappa shape index (κ1) is 16.7. The summed E-state index contributed by atoms with van der Waals surface area (Å²) in [7, 11) is 0. The lowest BCUT2D eigenvalue weighted by Gasteiger charge is -2.30. The summed E-state index contributed by atoms with van der Waals surface area (Å²) in [5, 5.41) is 21.9. The summed E-state index contributed by atoms with van der Waals surface area (Å²) in [5.74, 6) is 1.41. The largest absolute Gasteiger partial charge is 0.394 e. The number of nitrogens with zero attached hydrogens (tertiary/aromatic N) is 3. The molecule has 0 spiro atoms. The highest BCUT2D eigenvalue weighted by Gasteiger charge is 2.19. The minimum absolute atomic E-state index is 0.0380. The smallest absolute Gasteiger partial charge is 0.224 e. The molecule has 0 saturated heterocycles. The normalized spacial score (nSPS) is 16.4. The Labute approximate surface area is 142 Å². The van der Waals surface area contributed by atoms with E-state index in [1.807, 2.05) is 19.1 Å². The van der Waals surface area contributed by atoms with Crippen molar-refractivity contribution >= 4 is 11.8 Å². The summed E-state index contributed by atoms with van der Waals surface area (Å²) in [4.78, 5) is 11.0. The maximum Gasteiger partial charge on any atom is 0.224 e. The first-order valence-corrected chi connectivity index (χ1v) is 8.32. The SMILES string of the molecule is C[C@H](O)c1ccc2c(c1)CCN(c1ccnc(N[C@@H](C)CO)n1)C2. The third-order valence-electron chi connectivity index (χ3n) is 4.34. The van der Waals surface area contributed by atoms with E-state index in [0.29, 0.717) is 5.95 Å². The van der Waals surface area contributed by atoms with Crippen molar-refractivity contribution in [2.75, 3.05) is 23.4 Å². The zero-order valence-corrected chi connectivity index (χ0v) is 14.1. The molecule has 1 aromatic heterocycles. The first-order chi connectivity index (χ1) is 11.6. The van der Waals surface area contributed by atoms with E-state index in [2.05, 4.69) is 32.3 Å². The van der Waals surface area contributed by atoms with Crippen LogP contribution in [0.3, 0.4) is 0 Å². The summed E-state index contributed by atoms with van der Waals surface area (Å²) < 4.78 is 0. The quantitative estimate of drug-likeness (QED) is 0.777. The summed E-state index contributed by atoms with van der Waals surface area (Å²) in [5.41, 5.74) is 3.53. The molecule has 128 valence electrons. The van der Waals surface area contributed by atoms with E-state index in [1.54, 1.807) is 13.1 Å². The fourth-order valence-electron chi connectivity index (χ4n) is 2.89. The number of benzene rings is 1. The zero-order valence-electron chi connectivity index (χ0n) is 14.1. The molecule has 0 amide bonds. The Hall–Kier alpha value is -2.18. The molecule has 6 heteroatoms. The topological polar surface area (TPSA) is 81.5 Å². The van der Waals surface area contributed by atoms with Crippen molar-refractivity contribution in [3.8, 4) is 0 Å². The van der Waals surface area contributed by atoms with Gasteiger partial charge in [-0.3, -0.25) is 0 Å². The van der Waals surface area contributed by atoms with E-state index in [0.717, 1.165) is 30.9 Å². The molecule has 6 nitrogen and oxygen atoms in total. The van der Waals surface area contributed by atoms with Crippen LogP contribution >= 0.6 is 0 Å². The van der Waals surface area contributed by atoms with Gasteiger partial charge in [0.15, 0.2) is 0 Å².